The molecule has 0 radical (unpaired) electrons. The lowest BCUT2D eigenvalue weighted by Gasteiger charge is -2.34. The van der Waals surface area contributed by atoms with Gasteiger partial charge in [0, 0.05) is 37.7 Å². The van der Waals surface area contributed by atoms with Crippen LogP contribution in [0.5, 0.6) is 0 Å². The predicted octanol–water partition coefficient (Wildman–Crippen LogP) is 2.20. The highest BCUT2D eigenvalue weighted by Gasteiger charge is 2.30. The largest absolute Gasteiger partial charge is 0.464 e. The van der Waals surface area contributed by atoms with E-state index in [1.807, 2.05) is 37.3 Å². The number of nitrogens with one attached hydrogen (secondary N) is 1. The minimum atomic E-state index is -0.693. The van der Waals surface area contributed by atoms with Crippen LogP contribution in [0.15, 0.2) is 76.7 Å². The maximum Gasteiger partial charge on any atom is 0.259 e. The number of amides is 3. The van der Waals surface area contributed by atoms with Crippen molar-refractivity contribution < 1.29 is 18.8 Å². The number of benzene rings is 1. The highest BCUT2D eigenvalue weighted by Crippen LogP contribution is 2.18. The number of hydrogen-bond donors (Lipinski definition) is 1. The summed E-state index contributed by atoms with van der Waals surface area (Å²) in [4.78, 5) is 54.9. The van der Waals surface area contributed by atoms with Crippen LogP contribution in [0.2, 0.25) is 0 Å². The first kappa shape index (κ1) is 23.7. The Morgan fingerprint density at radius 3 is 2.46 bits per heavy atom. The fourth-order valence-corrected chi connectivity index (χ4v) is 3.94. The molecule has 9 nitrogen and oxygen atoms in total. The van der Waals surface area contributed by atoms with Gasteiger partial charge in [0.1, 0.15) is 29.2 Å². The van der Waals surface area contributed by atoms with Gasteiger partial charge in [0.15, 0.2) is 0 Å². The molecular formula is C26H26N4O5. The maximum absolute atomic E-state index is 13.4. The van der Waals surface area contributed by atoms with E-state index in [0.29, 0.717) is 12.3 Å². The SMILES string of the molecule is C=CCNC(=O)c1cn(Cc2ccc(C)o2)cc(C(=O)N2CCN(c3ccccc3)C(=O)C2)c1=O. The van der Waals surface area contributed by atoms with Crippen molar-refractivity contribution in [3.63, 3.8) is 0 Å². The molecular weight excluding hydrogens is 448 g/mol. The van der Waals surface area contributed by atoms with Crippen molar-refractivity contribution in [3.8, 4) is 0 Å². The summed E-state index contributed by atoms with van der Waals surface area (Å²) >= 11 is 0. The molecule has 3 heterocycles. The van der Waals surface area contributed by atoms with Crippen LogP contribution in [0.4, 0.5) is 5.69 Å². The van der Waals surface area contributed by atoms with Gasteiger partial charge < -0.3 is 24.1 Å². The molecule has 35 heavy (non-hydrogen) atoms. The molecule has 1 fully saturated rings. The van der Waals surface area contributed by atoms with Crippen molar-refractivity contribution >= 4 is 23.4 Å². The molecule has 0 aliphatic carbocycles. The average molecular weight is 475 g/mol. The van der Waals surface area contributed by atoms with Gasteiger partial charge in [-0.3, -0.25) is 19.2 Å². The number of anilines is 1. The fraction of sp³-hybridized carbons (Fsp3) is 0.231. The molecule has 0 saturated carbocycles. The molecule has 1 saturated heterocycles. The maximum atomic E-state index is 13.4. The normalized spacial score (nSPS) is 13.6. The van der Waals surface area contributed by atoms with Crippen LogP contribution in [0.1, 0.15) is 32.2 Å². The van der Waals surface area contributed by atoms with E-state index >= 15 is 0 Å². The van der Waals surface area contributed by atoms with Gasteiger partial charge in [0.25, 0.3) is 11.8 Å². The topological polar surface area (TPSA) is 105 Å². The Labute approximate surface area is 202 Å². The molecule has 0 bridgehead atoms. The molecule has 1 N–H and O–H groups in total. The highest BCUT2D eigenvalue weighted by atomic mass is 16.3. The number of piperazine rings is 1. The molecule has 4 rings (SSSR count). The van der Waals surface area contributed by atoms with Crippen molar-refractivity contribution in [2.24, 2.45) is 0 Å². The molecule has 3 aromatic rings. The van der Waals surface area contributed by atoms with E-state index in [-0.39, 0.29) is 43.2 Å². The van der Waals surface area contributed by atoms with Crippen molar-refractivity contribution in [1.29, 1.82) is 0 Å². The second kappa shape index (κ2) is 10.3. The smallest absolute Gasteiger partial charge is 0.259 e. The molecule has 180 valence electrons. The first-order chi connectivity index (χ1) is 16.9. The summed E-state index contributed by atoms with van der Waals surface area (Å²) in [6, 6.07) is 12.8. The first-order valence-corrected chi connectivity index (χ1v) is 11.2. The third-order valence-electron chi connectivity index (χ3n) is 5.67. The van der Waals surface area contributed by atoms with Crippen molar-refractivity contribution in [1.82, 2.24) is 14.8 Å². The summed E-state index contributed by atoms with van der Waals surface area (Å²) in [5.41, 5.74) is -0.293. The number of aryl methyl sites for hydroxylation is 1. The predicted molar refractivity (Wildman–Crippen MR) is 130 cm³/mol. The Kier molecular flexibility index (Phi) is 6.96. The minimum absolute atomic E-state index is 0.169. The van der Waals surface area contributed by atoms with Crippen LogP contribution in [0.25, 0.3) is 0 Å². The minimum Gasteiger partial charge on any atom is -0.464 e. The lowest BCUT2D eigenvalue weighted by molar-refractivity contribution is -0.120. The van der Waals surface area contributed by atoms with Gasteiger partial charge >= 0.3 is 0 Å². The molecule has 3 amide bonds. The van der Waals surface area contributed by atoms with Crippen molar-refractivity contribution in [2.45, 2.75) is 13.5 Å². The number of pyridine rings is 1. The van der Waals surface area contributed by atoms with Gasteiger partial charge in [-0.1, -0.05) is 24.3 Å². The number of carbonyl (C=O) groups excluding carboxylic acids is 3. The Morgan fingerprint density at radius 1 is 1.06 bits per heavy atom. The molecule has 0 spiro atoms. The molecule has 0 atom stereocenters. The summed E-state index contributed by atoms with van der Waals surface area (Å²) < 4.78 is 7.18. The second-order valence-corrected chi connectivity index (χ2v) is 8.21. The van der Waals surface area contributed by atoms with E-state index in [0.717, 1.165) is 11.4 Å². The quantitative estimate of drug-likeness (QED) is 0.529. The standard InChI is InChI=1S/C26H26N4O5/c1-3-11-27-25(33)21-15-28(14-20-10-9-18(2)35-20)16-22(24(21)32)26(34)29-12-13-30(23(31)17-29)19-7-5-4-6-8-19/h3-10,15-16H,1,11-14,17H2,2H3,(H,27,33). The third kappa shape index (κ3) is 5.24. The molecule has 9 heteroatoms. The van der Waals surface area contributed by atoms with Gasteiger partial charge in [-0.05, 0) is 31.2 Å². The summed E-state index contributed by atoms with van der Waals surface area (Å²) in [6.45, 7) is 6.14. The van der Waals surface area contributed by atoms with Crippen LogP contribution in [0.3, 0.4) is 0 Å². The van der Waals surface area contributed by atoms with Gasteiger partial charge in [-0.2, -0.15) is 0 Å². The summed E-state index contributed by atoms with van der Waals surface area (Å²) in [5.74, 6) is -0.135. The van der Waals surface area contributed by atoms with E-state index in [1.54, 1.807) is 21.6 Å². The van der Waals surface area contributed by atoms with Crippen LogP contribution < -0.4 is 15.6 Å². The summed E-state index contributed by atoms with van der Waals surface area (Å²) in [5, 5.41) is 2.58. The molecule has 0 unspecified atom stereocenters. The zero-order chi connectivity index (χ0) is 24.9. The number of hydrogen-bond acceptors (Lipinski definition) is 5. The van der Waals surface area contributed by atoms with E-state index in [2.05, 4.69) is 11.9 Å². The van der Waals surface area contributed by atoms with Crippen molar-refractivity contribution in [3.05, 3.63) is 100 Å². The molecule has 1 aromatic carbocycles. The van der Waals surface area contributed by atoms with E-state index in [4.69, 9.17) is 4.42 Å². The van der Waals surface area contributed by atoms with Gasteiger partial charge in [0.05, 0.1) is 6.54 Å². The summed E-state index contributed by atoms with van der Waals surface area (Å²) in [6.07, 6.45) is 4.30. The molecule has 1 aliphatic heterocycles. The van der Waals surface area contributed by atoms with Gasteiger partial charge in [0.2, 0.25) is 11.3 Å². The first-order valence-electron chi connectivity index (χ1n) is 11.2. The van der Waals surface area contributed by atoms with Crippen LogP contribution in [-0.2, 0) is 11.3 Å². The Balaban J connectivity index is 1.63. The number of furan rings is 1. The Hall–Kier alpha value is -4.40. The average Bonchev–Trinajstić information content (AvgIpc) is 3.27. The highest BCUT2D eigenvalue weighted by molar-refractivity contribution is 6.03. The summed E-state index contributed by atoms with van der Waals surface area (Å²) in [7, 11) is 0. The van der Waals surface area contributed by atoms with E-state index in [9.17, 15) is 19.2 Å². The lowest BCUT2D eigenvalue weighted by atomic mass is 10.1. The zero-order valence-electron chi connectivity index (χ0n) is 19.4. The number of nitrogens with zero attached hydrogens (tertiary/aromatic N) is 3. The monoisotopic (exact) mass is 474 g/mol. The zero-order valence-corrected chi connectivity index (χ0v) is 19.4. The number of rotatable bonds is 7. The number of para-hydroxylation sites is 1. The van der Waals surface area contributed by atoms with E-state index in [1.165, 1.54) is 23.4 Å². The molecule has 1 aliphatic rings. The van der Waals surface area contributed by atoms with Crippen LogP contribution in [0, 0.1) is 6.92 Å². The van der Waals surface area contributed by atoms with Gasteiger partial charge in [-0.15, -0.1) is 6.58 Å². The fourth-order valence-electron chi connectivity index (χ4n) is 3.94. The van der Waals surface area contributed by atoms with E-state index < -0.39 is 17.2 Å². The molecule has 2 aromatic heterocycles. The Morgan fingerprint density at radius 2 is 1.80 bits per heavy atom. The van der Waals surface area contributed by atoms with Gasteiger partial charge in [-0.25, -0.2) is 0 Å². The van der Waals surface area contributed by atoms with Crippen LogP contribution >= 0.6 is 0 Å². The van der Waals surface area contributed by atoms with Crippen molar-refractivity contribution in [2.75, 3.05) is 31.1 Å². The van der Waals surface area contributed by atoms with Crippen LogP contribution in [-0.4, -0.2) is 53.4 Å². The number of aromatic nitrogens is 1. The second-order valence-electron chi connectivity index (χ2n) is 8.21. The Bertz CT molecular complexity index is 1330. The lowest BCUT2D eigenvalue weighted by Crippen LogP contribution is -2.53. The third-order valence-corrected chi connectivity index (χ3v) is 5.67. The number of carbonyl (C=O) groups is 3.